The molecule has 0 aliphatic carbocycles. The molecule has 0 saturated carbocycles. The second-order valence-electron chi connectivity index (χ2n) is 4.56. The lowest BCUT2D eigenvalue weighted by molar-refractivity contribution is -0.0391. The van der Waals surface area contributed by atoms with Gasteiger partial charge in [0.15, 0.2) is 0 Å². The summed E-state index contributed by atoms with van der Waals surface area (Å²) in [6, 6.07) is 8.01. The van der Waals surface area contributed by atoms with Crippen molar-refractivity contribution in [2.45, 2.75) is 32.0 Å². The molecule has 0 atom stereocenters. The van der Waals surface area contributed by atoms with Gasteiger partial charge in [0.05, 0.1) is 19.3 Å². The van der Waals surface area contributed by atoms with E-state index in [1.165, 1.54) is 0 Å². The van der Waals surface area contributed by atoms with Gasteiger partial charge in [-0.25, -0.2) is 0 Å². The Morgan fingerprint density at radius 1 is 1.26 bits per heavy atom. The van der Waals surface area contributed by atoms with E-state index in [1.54, 1.807) is 0 Å². The quantitative estimate of drug-likeness (QED) is 0.843. The number of aliphatic hydroxyl groups is 1. The minimum atomic E-state index is 0.105. The highest BCUT2D eigenvalue weighted by Crippen LogP contribution is 2.15. The first-order chi connectivity index (χ1) is 9.40. The van der Waals surface area contributed by atoms with Crippen LogP contribution in [0.1, 0.15) is 30.4 Å². The lowest BCUT2D eigenvalue weighted by Crippen LogP contribution is -2.23. The lowest BCUT2D eigenvalue weighted by atomic mass is 10.1. The minimum Gasteiger partial charge on any atom is -0.395 e. The van der Waals surface area contributed by atoms with Crippen LogP contribution in [0.5, 0.6) is 0 Å². The van der Waals surface area contributed by atoms with Gasteiger partial charge in [-0.1, -0.05) is 30.0 Å². The second-order valence-corrected chi connectivity index (χ2v) is 4.56. The number of ether oxygens (including phenoxy) is 2. The van der Waals surface area contributed by atoms with Crippen molar-refractivity contribution in [1.82, 2.24) is 0 Å². The van der Waals surface area contributed by atoms with Crippen molar-refractivity contribution in [3.05, 3.63) is 35.4 Å². The van der Waals surface area contributed by atoms with Gasteiger partial charge in [0.25, 0.3) is 0 Å². The molecule has 0 radical (unpaired) electrons. The van der Waals surface area contributed by atoms with E-state index in [1.807, 2.05) is 24.3 Å². The number of hydrogen-bond donors (Lipinski definition) is 1. The summed E-state index contributed by atoms with van der Waals surface area (Å²) in [6.07, 6.45) is 2.75. The first-order valence-electron chi connectivity index (χ1n) is 6.77. The van der Waals surface area contributed by atoms with Gasteiger partial charge in [-0.05, 0) is 24.5 Å². The minimum absolute atomic E-state index is 0.105. The standard InChI is InChI=1S/C16H20O3/c17-10-4-3-6-14-5-1-2-7-15(14)13-19-16-8-11-18-12-9-16/h1-2,5,7,16-17H,4,8-13H2. The molecule has 1 aliphatic heterocycles. The first-order valence-corrected chi connectivity index (χ1v) is 6.77. The van der Waals surface area contributed by atoms with Crippen molar-refractivity contribution in [3.63, 3.8) is 0 Å². The molecule has 102 valence electrons. The molecule has 0 bridgehead atoms. The van der Waals surface area contributed by atoms with Crippen LogP contribution < -0.4 is 0 Å². The van der Waals surface area contributed by atoms with Crippen LogP contribution in [0, 0.1) is 11.8 Å². The van der Waals surface area contributed by atoms with E-state index in [9.17, 15) is 0 Å². The molecule has 3 heteroatoms. The van der Waals surface area contributed by atoms with Crippen molar-refractivity contribution in [1.29, 1.82) is 0 Å². The Morgan fingerprint density at radius 2 is 2.05 bits per heavy atom. The zero-order valence-electron chi connectivity index (χ0n) is 11.1. The third-order valence-corrected chi connectivity index (χ3v) is 3.12. The predicted molar refractivity (Wildman–Crippen MR) is 73.7 cm³/mol. The van der Waals surface area contributed by atoms with Crippen molar-refractivity contribution in [2.24, 2.45) is 0 Å². The Morgan fingerprint density at radius 3 is 2.84 bits per heavy atom. The number of hydrogen-bond acceptors (Lipinski definition) is 3. The normalized spacial score (nSPS) is 15.8. The zero-order valence-corrected chi connectivity index (χ0v) is 11.1. The largest absolute Gasteiger partial charge is 0.395 e. The molecular weight excluding hydrogens is 240 g/mol. The van der Waals surface area contributed by atoms with Crippen LogP contribution in [0.4, 0.5) is 0 Å². The van der Waals surface area contributed by atoms with Gasteiger partial charge in [-0.2, -0.15) is 0 Å². The number of aliphatic hydroxyl groups excluding tert-OH is 1. The lowest BCUT2D eigenvalue weighted by Gasteiger charge is -2.22. The van der Waals surface area contributed by atoms with Crippen molar-refractivity contribution in [2.75, 3.05) is 19.8 Å². The van der Waals surface area contributed by atoms with Gasteiger partial charge < -0.3 is 14.6 Å². The highest BCUT2D eigenvalue weighted by molar-refractivity contribution is 5.40. The fourth-order valence-corrected chi connectivity index (χ4v) is 2.03. The van der Waals surface area contributed by atoms with Gasteiger partial charge in [0.1, 0.15) is 0 Å². The summed E-state index contributed by atoms with van der Waals surface area (Å²) in [5.74, 6) is 6.04. The Labute approximate surface area is 114 Å². The molecule has 1 fully saturated rings. The summed E-state index contributed by atoms with van der Waals surface area (Å²) in [5, 5.41) is 8.75. The average molecular weight is 260 g/mol. The van der Waals surface area contributed by atoms with Crippen LogP contribution in [0.2, 0.25) is 0 Å². The third-order valence-electron chi connectivity index (χ3n) is 3.12. The van der Waals surface area contributed by atoms with E-state index in [0.29, 0.717) is 19.1 Å². The van der Waals surface area contributed by atoms with Crippen LogP contribution in [0.15, 0.2) is 24.3 Å². The molecule has 1 heterocycles. The molecule has 0 unspecified atom stereocenters. The molecule has 2 rings (SSSR count). The molecule has 1 aromatic rings. The molecule has 1 N–H and O–H groups in total. The van der Waals surface area contributed by atoms with Crippen molar-refractivity contribution in [3.8, 4) is 11.8 Å². The van der Waals surface area contributed by atoms with Crippen molar-refractivity contribution >= 4 is 0 Å². The molecule has 0 amide bonds. The molecule has 0 aromatic heterocycles. The van der Waals surface area contributed by atoms with E-state index < -0.39 is 0 Å². The third kappa shape index (κ3) is 4.68. The fraction of sp³-hybridized carbons (Fsp3) is 0.500. The Balaban J connectivity index is 1.93. The molecular formula is C16H20O3. The average Bonchev–Trinajstić information content (AvgIpc) is 2.48. The van der Waals surface area contributed by atoms with Gasteiger partial charge in [-0.3, -0.25) is 0 Å². The van der Waals surface area contributed by atoms with Crippen LogP contribution in [-0.2, 0) is 16.1 Å². The van der Waals surface area contributed by atoms with Gasteiger partial charge >= 0.3 is 0 Å². The fourth-order valence-electron chi connectivity index (χ4n) is 2.03. The molecule has 3 nitrogen and oxygen atoms in total. The molecule has 1 aliphatic rings. The van der Waals surface area contributed by atoms with Gasteiger partial charge in [0, 0.05) is 25.2 Å². The molecule has 1 aromatic carbocycles. The number of rotatable bonds is 4. The van der Waals surface area contributed by atoms with Gasteiger partial charge in [0.2, 0.25) is 0 Å². The van der Waals surface area contributed by atoms with E-state index in [0.717, 1.165) is 37.2 Å². The summed E-state index contributed by atoms with van der Waals surface area (Å²) in [7, 11) is 0. The maximum atomic E-state index is 8.75. The summed E-state index contributed by atoms with van der Waals surface area (Å²) in [4.78, 5) is 0. The zero-order chi connectivity index (χ0) is 13.3. The summed E-state index contributed by atoms with van der Waals surface area (Å²) in [5.41, 5.74) is 2.10. The van der Waals surface area contributed by atoms with Crippen LogP contribution in [0.3, 0.4) is 0 Å². The number of benzene rings is 1. The van der Waals surface area contributed by atoms with E-state index in [2.05, 4.69) is 11.8 Å². The van der Waals surface area contributed by atoms with Crippen LogP contribution in [-0.4, -0.2) is 31.0 Å². The first kappa shape index (κ1) is 14.1. The highest BCUT2D eigenvalue weighted by Gasteiger charge is 2.14. The predicted octanol–water partition coefficient (Wildman–Crippen LogP) is 2.12. The SMILES string of the molecule is OCCC#Cc1ccccc1COC1CCOCC1. The van der Waals surface area contributed by atoms with E-state index in [4.69, 9.17) is 14.6 Å². The van der Waals surface area contributed by atoms with Crippen LogP contribution in [0.25, 0.3) is 0 Å². The van der Waals surface area contributed by atoms with Gasteiger partial charge in [-0.15, -0.1) is 0 Å². The molecule has 1 saturated heterocycles. The van der Waals surface area contributed by atoms with E-state index in [-0.39, 0.29) is 6.61 Å². The monoisotopic (exact) mass is 260 g/mol. The smallest absolute Gasteiger partial charge is 0.0732 e. The summed E-state index contributed by atoms with van der Waals surface area (Å²) < 4.78 is 11.2. The molecule has 19 heavy (non-hydrogen) atoms. The topological polar surface area (TPSA) is 38.7 Å². The maximum Gasteiger partial charge on any atom is 0.0732 e. The van der Waals surface area contributed by atoms with Crippen LogP contribution >= 0.6 is 0 Å². The molecule has 0 spiro atoms. The maximum absolute atomic E-state index is 8.75. The Hall–Kier alpha value is -1.34. The Kier molecular flexibility index (Phi) is 5.90. The van der Waals surface area contributed by atoms with E-state index >= 15 is 0 Å². The highest BCUT2D eigenvalue weighted by atomic mass is 16.5. The summed E-state index contributed by atoms with van der Waals surface area (Å²) >= 11 is 0. The van der Waals surface area contributed by atoms with Crippen molar-refractivity contribution < 1.29 is 14.6 Å². The second kappa shape index (κ2) is 7.96. The summed E-state index contributed by atoms with van der Waals surface area (Å²) in [6.45, 7) is 2.29. The Bertz CT molecular complexity index is 439.